The van der Waals surface area contributed by atoms with E-state index in [2.05, 4.69) is 10.0 Å². The van der Waals surface area contributed by atoms with Crippen LogP contribution in [0.25, 0.3) is 16.5 Å². The van der Waals surface area contributed by atoms with Crippen molar-refractivity contribution in [2.24, 2.45) is 5.11 Å². The molecule has 0 bridgehead atoms. The summed E-state index contributed by atoms with van der Waals surface area (Å²) in [5.74, 6) is -0.215. The molecule has 5 nitrogen and oxygen atoms in total. The molecule has 0 aliphatic carbocycles. The maximum Gasteiger partial charge on any atom is 0.239 e. The molecule has 1 heterocycles. The smallest absolute Gasteiger partial charge is 0.239 e. The Morgan fingerprint density at radius 1 is 1.13 bits per heavy atom. The summed E-state index contributed by atoms with van der Waals surface area (Å²) in [5, 5.41) is 4.21. The van der Waals surface area contributed by atoms with Crippen LogP contribution < -0.4 is 4.90 Å². The molecule has 6 heteroatoms. The molecule has 1 amide bonds. The predicted octanol–water partition coefficient (Wildman–Crippen LogP) is 4.45. The molecule has 3 rings (SSSR count). The van der Waals surface area contributed by atoms with Crippen molar-refractivity contribution in [3.05, 3.63) is 81.7 Å². The summed E-state index contributed by atoms with van der Waals surface area (Å²) in [7, 11) is 0. The van der Waals surface area contributed by atoms with Gasteiger partial charge in [0.15, 0.2) is 0 Å². The number of carbonyl (C=O) groups is 1. The highest BCUT2D eigenvalue weighted by molar-refractivity contribution is 6.30. The van der Waals surface area contributed by atoms with Gasteiger partial charge in [0.1, 0.15) is 6.04 Å². The summed E-state index contributed by atoms with van der Waals surface area (Å²) in [6.07, 6.45) is 3.80. The number of azide groups is 1. The van der Waals surface area contributed by atoms with Crippen molar-refractivity contribution in [2.45, 2.75) is 12.1 Å². The second-order valence-electron chi connectivity index (χ2n) is 5.09. The SMILES string of the molecule is [N-]=[N+]=N[C@@H]1C(=O)N(c2ccc(Cl)cc2)[C@@H]1/C=C/c1ccccc1. The van der Waals surface area contributed by atoms with Gasteiger partial charge in [-0.1, -0.05) is 59.2 Å². The van der Waals surface area contributed by atoms with Crippen LogP contribution in [0.4, 0.5) is 5.69 Å². The van der Waals surface area contributed by atoms with Gasteiger partial charge >= 0.3 is 0 Å². The molecule has 2 aromatic rings. The number of anilines is 1. The number of carbonyl (C=O) groups excluding carboxylic acids is 1. The van der Waals surface area contributed by atoms with E-state index in [0.717, 1.165) is 11.3 Å². The molecule has 0 aromatic heterocycles. The van der Waals surface area contributed by atoms with Gasteiger partial charge in [-0.3, -0.25) is 4.79 Å². The number of rotatable bonds is 4. The Hall–Kier alpha value is -2.75. The molecular weight excluding hydrogens is 312 g/mol. The summed E-state index contributed by atoms with van der Waals surface area (Å²) in [6.45, 7) is 0. The van der Waals surface area contributed by atoms with Crippen LogP contribution in [0.3, 0.4) is 0 Å². The molecule has 0 N–H and O–H groups in total. The first-order valence-corrected chi connectivity index (χ1v) is 7.44. The lowest BCUT2D eigenvalue weighted by Gasteiger charge is -2.43. The van der Waals surface area contributed by atoms with Gasteiger partial charge in [0.25, 0.3) is 0 Å². The average molecular weight is 325 g/mol. The van der Waals surface area contributed by atoms with Gasteiger partial charge in [-0.2, -0.15) is 0 Å². The van der Waals surface area contributed by atoms with E-state index in [-0.39, 0.29) is 11.9 Å². The van der Waals surface area contributed by atoms with Gasteiger partial charge in [0.2, 0.25) is 5.91 Å². The molecule has 1 aliphatic rings. The van der Waals surface area contributed by atoms with Gasteiger partial charge in [0, 0.05) is 15.6 Å². The highest BCUT2D eigenvalue weighted by Crippen LogP contribution is 2.32. The van der Waals surface area contributed by atoms with E-state index in [4.69, 9.17) is 17.1 Å². The fourth-order valence-corrected chi connectivity index (χ4v) is 2.66. The zero-order valence-corrected chi connectivity index (χ0v) is 12.8. The minimum atomic E-state index is -0.712. The third-order valence-electron chi connectivity index (χ3n) is 3.68. The Balaban J connectivity index is 1.89. The third kappa shape index (κ3) is 3.06. The van der Waals surface area contributed by atoms with Crippen LogP contribution in [0, 0.1) is 0 Å². The zero-order chi connectivity index (χ0) is 16.2. The van der Waals surface area contributed by atoms with E-state index in [1.54, 1.807) is 29.2 Å². The first-order chi connectivity index (χ1) is 11.2. The summed E-state index contributed by atoms with van der Waals surface area (Å²) >= 11 is 5.89. The number of amides is 1. The Bertz CT molecular complexity index is 782. The normalized spacial score (nSPS) is 20.2. The van der Waals surface area contributed by atoms with E-state index < -0.39 is 6.04 Å². The largest absolute Gasteiger partial charge is 0.304 e. The zero-order valence-electron chi connectivity index (χ0n) is 12.1. The topological polar surface area (TPSA) is 69.1 Å². The highest BCUT2D eigenvalue weighted by Gasteiger charge is 2.46. The quantitative estimate of drug-likeness (QED) is 0.354. The molecule has 2 atom stereocenters. The summed E-state index contributed by atoms with van der Waals surface area (Å²) in [4.78, 5) is 16.6. The lowest BCUT2D eigenvalue weighted by atomic mass is 9.93. The fourth-order valence-electron chi connectivity index (χ4n) is 2.53. The molecule has 114 valence electrons. The van der Waals surface area contributed by atoms with Crippen molar-refractivity contribution in [1.29, 1.82) is 0 Å². The van der Waals surface area contributed by atoms with Crippen molar-refractivity contribution >= 4 is 29.3 Å². The van der Waals surface area contributed by atoms with Crippen LogP contribution in [-0.2, 0) is 4.79 Å². The van der Waals surface area contributed by atoms with Crippen LogP contribution >= 0.6 is 11.6 Å². The standard InChI is InChI=1S/C17H13ClN4O/c18-13-7-9-14(10-8-13)22-15(16(17(22)23)20-21-19)11-6-12-4-2-1-3-5-12/h1-11,15-16H/b11-6+/t15-,16+/m1/s1. The van der Waals surface area contributed by atoms with Crippen LogP contribution in [-0.4, -0.2) is 18.0 Å². The van der Waals surface area contributed by atoms with Crippen LogP contribution in [0.15, 0.2) is 65.8 Å². The van der Waals surface area contributed by atoms with Crippen LogP contribution in [0.2, 0.25) is 5.02 Å². The van der Waals surface area contributed by atoms with E-state index in [0.29, 0.717) is 5.02 Å². The number of β-lactam (4-membered cyclic amide) rings is 1. The van der Waals surface area contributed by atoms with E-state index in [9.17, 15) is 4.79 Å². The van der Waals surface area contributed by atoms with E-state index in [1.165, 1.54) is 0 Å². The Labute approximate surface area is 138 Å². The predicted molar refractivity (Wildman–Crippen MR) is 91.1 cm³/mol. The van der Waals surface area contributed by atoms with Crippen molar-refractivity contribution in [1.82, 2.24) is 0 Å². The average Bonchev–Trinajstić information content (AvgIpc) is 2.58. The Kier molecular flexibility index (Phi) is 4.33. The molecule has 0 unspecified atom stereocenters. The first kappa shape index (κ1) is 15.2. The van der Waals surface area contributed by atoms with Gasteiger partial charge in [-0.15, -0.1) is 0 Å². The summed E-state index contributed by atoms with van der Waals surface area (Å²) in [5.41, 5.74) is 10.4. The van der Waals surface area contributed by atoms with Crippen molar-refractivity contribution in [2.75, 3.05) is 4.90 Å². The van der Waals surface area contributed by atoms with Gasteiger partial charge < -0.3 is 4.90 Å². The second kappa shape index (κ2) is 6.57. The van der Waals surface area contributed by atoms with Crippen molar-refractivity contribution in [3.63, 3.8) is 0 Å². The molecule has 1 aliphatic heterocycles. The highest BCUT2D eigenvalue weighted by atomic mass is 35.5. The van der Waals surface area contributed by atoms with Crippen LogP contribution in [0.5, 0.6) is 0 Å². The molecule has 2 aromatic carbocycles. The Morgan fingerprint density at radius 3 is 2.48 bits per heavy atom. The van der Waals surface area contributed by atoms with Crippen molar-refractivity contribution < 1.29 is 4.79 Å². The number of hydrogen-bond donors (Lipinski definition) is 0. The lowest BCUT2D eigenvalue weighted by molar-refractivity contribution is -0.125. The summed E-state index contributed by atoms with van der Waals surface area (Å²) < 4.78 is 0. The van der Waals surface area contributed by atoms with Crippen molar-refractivity contribution in [3.8, 4) is 0 Å². The molecule has 1 fully saturated rings. The minimum Gasteiger partial charge on any atom is -0.304 e. The van der Waals surface area contributed by atoms with Gasteiger partial charge in [-0.25, -0.2) is 0 Å². The molecule has 23 heavy (non-hydrogen) atoms. The number of hydrogen-bond acceptors (Lipinski definition) is 2. The third-order valence-corrected chi connectivity index (χ3v) is 3.93. The molecule has 0 radical (unpaired) electrons. The molecule has 0 spiro atoms. The van der Waals surface area contributed by atoms with Gasteiger partial charge in [-0.05, 0) is 35.4 Å². The monoisotopic (exact) mass is 324 g/mol. The lowest BCUT2D eigenvalue weighted by Crippen LogP contribution is -2.63. The minimum absolute atomic E-state index is 0.215. The Morgan fingerprint density at radius 2 is 1.83 bits per heavy atom. The second-order valence-corrected chi connectivity index (χ2v) is 5.53. The summed E-state index contributed by atoms with van der Waals surface area (Å²) in [6, 6.07) is 15.7. The van der Waals surface area contributed by atoms with E-state index >= 15 is 0 Å². The van der Waals surface area contributed by atoms with E-state index in [1.807, 2.05) is 42.5 Å². The maximum absolute atomic E-state index is 12.3. The molecular formula is C17H13ClN4O. The number of halogens is 1. The molecule has 1 saturated heterocycles. The number of benzene rings is 2. The molecule has 0 saturated carbocycles. The van der Waals surface area contributed by atoms with Crippen LogP contribution in [0.1, 0.15) is 5.56 Å². The maximum atomic E-state index is 12.3. The fraction of sp³-hybridized carbons (Fsp3) is 0.118. The number of nitrogens with zero attached hydrogens (tertiary/aromatic N) is 4. The first-order valence-electron chi connectivity index (χ1n) is 7.07. The van der Waals surface area contributed by atoms with Gasteiger partial charge in [0.05, 0.1) is 6.04 Å².